The molecule has 0 spiro atoms. The molecule has 0 aliphatic carbocycles. The molecule has 78 valence electrons. The van der Waals surface area contributed by atoms with Crippen LogP contribution in [-0.2, 0) is 6.54 Å². The number of hydrogen-bond donors (Lipinski definition) is 1. The predicted molar refractivity (Wildman–Crippen MR) is 60.3 cm³/mol. The second-order valence-electron chi connectivity index (χ2n) is 2.92. The van der Waals surface area contributed by atoms with Gasteiger partial charge < -0.3 is 9.73 Å². The molecule has 0 saturated carbocycles. The van der Waals surface area contributed by atoms with E-state index in [0.29, 0.717) is 16.6 Å². The van der Waals surface area contributed by atoms with Crippen molar-refractivity contribution in [1.82, 2.24) is 4.98 Å². The highest BCUT2D eigenvalue weighted by atomic mass is 35.5. The Morgan fingerprint density at radius 1 is 1.33 bits per heavy atom. The van der Waals surface area contributed by atoms with E-state index in [1.165, 1.54) is 6.39 Å². The molecule has 5 heteroatoms. The Labute approximate surface area is 97.0 Å². The van der Waals surface area contributed by atoms with Crippen molar-refractivity contribution in [2.75, 3.05) is 5.32 Å². The van der Waals surface area contributed by atoms with E-state index in [9.17, 15) is 0 Å². The number of benzene rings is 1. The van der Waals surface area contributed by atoms with Crippen LogP contribution in [0.1, 0.15) is 5.76 Å². The molecule has 0 amide bonds. The van der Waals surface area contributed by atoms with E-state index in [1.54, 1.807) is 12.3 Å². The normalized spacial score (nSPS) is 10.3. The fourth-order valence-electron chi connectivity index (χ4n) is 1.15. The number of nitrogens with one attached hydrogen (secondary N) is 1. The maximum absolute atomic E-state index is 5.99. The van der Waals surface area contributed by atoms with Gasteiger partial charge in [0.25, 0.3) is 0 Å². The minimum absolute atomic E-state index is 0.513. The second kappa shape index (κ2) is 4.55. The zero-order valence-electron chi connectivity index (χ0n) is 7.71. The Hall–Kier alpha value is -1.19. The van der Waals surface area contributed by atoms with Crippen molar-refractivity contribution in [1.29, 1.82) is 0 Å². The van der Waals surface area contributed by atoms with Gasteiger partial charge in [0.15, 0.2) is 6.39 Å². The summed E-state index contributed by atoms with van der Waals surface area (Å²) in [5, 5.41) is 4.15. The van der Waals surface area contributed by atoms with E-state index in [1.807, 2.05) is 12.1 Å². The highest BCUT2D eigenvalue weighted by Gasteiger charge is 2.04. The van der Waals surface area contributed by atoms with Crippen LogP contribution in [0, 0.1) is 0 Å². The van der Waals surface area contributed by atoms with E-state index >= 15 is 0 Å². The molecule has 1 heterocycles. The molecule has 15 heavy (non-hydrogen) atoms. The second-order valence-corrected chi connectivity index (χ2v) is 3.71. The minimum Gasteiger partial charge on any atom is -0.447 e. The number of halogens is 2. The SMILES string of the molecule is Clc1cccc(NCc2cnco2)c1Cl. The highest BCUT2D eigenvalue weighted by Crippen LogP contribution is 2.29. The van der Waals surface area contributed by atoms with Crippen molar-refractivity contribution in [3.8, 4) is 0 Å². The third-order valence-electron chi connectivity index (χ3n) is 1.89. The van der Waals surface area contributed by atoms with Crippen LogP contribution in [0.25, 0.3) is 0 Å². The lowest BCUT2D eigenvalue weighted by Crippen LogP contribution is -1.98. The molecule has 3 nitrogen and oxygen atoms in total. The molecule has 0 fully saturated rings. The molecule has 2 aromatic rings. The summed E-state index contributed by atoms with van der Waals surface area (Å²) in [7, 11) is 0. The Morgan fingerprint density at radius 3 is 2.93 bits per heavy atom. The number of aromatic nitrogens is 1. The predicted octanol–water partition coefficient (Wildman–Crippen LogP) is 3.59. The molecule has 2 rings (SSSR count). The van der Waals surface area contributed by atoms with Gasteiger partial charge in [-0.15, -0.1) is 0 Å². The first-order valence-electron chi connectivity index (χ1n) is 4.32. The Bertz CT molecular complexity index is 443. The van der Waals surface area contributed by atoms with Gasteiger partial charge in [0.05, 0.1) is 28.5 Å². The maximum atomic E-state index is 5.99. The maximum Gasteiger partial charge on any atom is 0.180 e. The lowest BCUT2D eigenvalue weighted by atomic mass is 10.3. The van der Waals surface area contributed by atoms with Gasteiger partial charge in [-0.25, -0.2) is 4.98 Å². The van der Waals surface area contributed by atoms with Gasteiger partial charge in [0.1, 0.15) is 5.76 Å². The Balaban J connectivity index is 2.08. The zero-order valence-corrected chi connectivity index (χ0v) is 9.22. The largest absolute Gasteiger partial charge is 0.447 e. The molecule has 1 aromatic carbocycles. The third kappa shape index (κ3) is 2.43. The number of nitrogens with zero attached hydrogens (tertiary/aromatic N) is 1. The Kier molecular flexibility index (Phi) is 3.14. The lowest BCUT2D eigenvalue weighted by molar-refractivity contribution is 0.512. The molecule has 0 unspecified atom stereocenters. The van der Waals surface area contributed by atoms with Crippen LogP contribution < -0.4 is 5.32 Å². The number of anilines is 1. The summed E-state index contributed by atoms with van der Waals surface area (Å²) < 4.78 is 5.08. The fraction of sp³-hybridized carbons (Fsp3) is 0.100. The van der Waals surface area contributed by atoms with E-state index < -0.39 is 0 Å². The number of oxazole rings is 1. The van der Waals surface area contributed by atoms with Gasteiger partial charge in [0, 0.05) is 0 Å². The lowest BCUT2D eigenvalue weighted by Gasteiger charge is -2.07. The van der Waals surface area contributed by atoms with E-state index in [-0.39, 0.29) is 0 Å². The molecule has 0 aliphatic heterocycles. The minimum atomic E-state index is 0.513. The monoisotopic (exact) mass is 242 g/mol. The van der Waals surface area contributed by atoms with Crippen LogP contribution >= 0.6 is 23.2 Å². The third-order valence-corrected chi connectivity index (χ3v) is 2.71. The van der Waals surface area contributed by atoms with E-state index in [0.717, 1.165) is 11.4 Å². The van der Waals surface area contributed by atoms with Crippen LogP contribution in [-0.4, -0.2) is 4.98 Å². The number of rotatable bonds is 3. The van der Waals surface area contributed by atoms with Crippen LogP contribution in [0.4, 0.5) is 5.69 Å². The summed E-state index contributed by atoms with van der Waals surface area (Å²) in [5.74, 6) is 0.742. The van der Waals surface area contributed by atoms with Crippen molar-refractivity contribution < 1.29 is 4.42 Å². The van der Waals surface area contributed by atoms with Crippen LogP contribution in [0.2, 0.25) is 10.0 Å². The first-order valence-corrected chi connectivity index (χ1v) is 5.08. The summed E-state index contributed by atoms with van der Waals surface area (Å²) in [6, 6.07) is 5.42. The van der Waals surface area contributed by atoms with Gasteiger partial charge in [-0.2, -0.15) is 0 Å². The molecule has 0 bridgehead atoms. The van der Waals surface area contributed by atoms with Crippen LogP contribution in [0.3, 0.4) is 0 Å². The van der Waals surface area contributed by atoms with Crippen molar-refractivity contribution in [3.05, 3.63) is 46.6 Å². The molecular weight excluding hydrogens is 235 g/mol. The van der Waals surface area contributed by atoms with E-state index in [2.05, 4.69) is 10.3 Å². The van der Waals surface area contributed by atoms with Gasteiger partial charge in [-0.3, -0.25) is 0 Å². The molecule has 0 radical (unpaired) electrons. The average molecular weight is 243 g/mol. The van der Waals surface area contributed by atoms with Crippen LogP contribution in [0.5, 0.6) is 0 Å². The van der Waals surface area contributed by atoms with Crippen LogP contribution in [0.15, 0.2) is 35.2 Å². The molecule has 0 aliphatic rings. The van der Waals surface area contributed by atoms with Gasteiger partial charge in [-0.05, 0) is 12.1 Å². The highest BCUT2D eigenvalue weighted by molar-refractivity contribution is 6.43. The van der Waals surface area contributed by atoms with Gasteiger partial charge in [0.2, 0.25) is 0 Å². The van der Waals surface area contributed by atoms with E-state index in [4.69, 9.17) is 27.6 Å². The van der Waals surface area contributed by atoms with Crippen molar-refractivity contribution in [2.45, 2.75) is 6.54 Å². The van der Waals surface area contributed by atoms with Gasteiger partial charge in [-0.1, -0.05) is 29.3 Å². The number of hydrogen-bond acceptors (Lipinski definition) is 3. The Morgan fingerprint density at radius 2 is 2.20 bits per heavy atom. The summed E-state index contributed by atoms with van der Waals surface area (Å²) >= 11 is 11.9. The molecule has 1 N–H and O–H groups in total. The molecular formula is C10H8Cl2N2O. The topological polar surface area (TPSA) is 38.1 Å². The fourth-order valence-corrected chi connectivity index (χ4v) is 1.52. The molecule has 0 saturated heterocycles. The van der Waals surface area contributed by atoms with Crippen molar-refractivity contribution >= 4 is 28.9 Å². The zero-order chi connectivity index (χ0) is 10.7. The first-order chi connectivity index (χ1) is 7.27. The van der Waals surface area contributed by atoms with Gasteiger partial charge >= 0.3 is 0 Å². The average Bonchev–Trinajstić information content (AvgIpc) is 2.73. The summed E-state index contributed by atoms with van der Waals surface area (Å²) in [6.07, 6.45) is 3.03. The first kappa shape index (κ1) is 10.3. The summed E-state index contributed by atoms with van der Waals surface area (Å²) in [6.45, 7) is 0.528. The summed E-state index contributed by atoms with van der Waals surface area (Å²) in [4.78, 5) is 3.81. The smallest absolute Gasteiger partial charge is 0.180 e. The molecule has 1 aromatic heterocycles. The van der Waals surface area contributed by atoms with Crippen molar-refractivity contribution in [2.24, 2.45) is 0 Å². The van der Waals surface area contributed by atoms with Crippen molar-refractivity contribution in [3.63, 3.8) is 0 Å². The standard InChI is InChI=1S/C10H8Cl2N2O/c11-8-2-1-3-9(10(8)12)14-5-7-4-13-6-15-7/h1-4,6,14H,5H2. The molecule has 0 atom stereocenters. The summed E-state index contributed by atoms with van der Waals surface area (Å²) in [5.41, 5.74) is 0.778. The quantitative estimate of drug-likeness (QED) is 0.894.